The lowest BCUT2D eigenvalue weighted by Crippen LogP contribution is -2.38. The maximum absolute atomic E-state index is 12.7. The van der Waals surface area contributed by atoms with Crippen molar-refractivity contribution in [3.8, 4) is 0 Å². The van der Waals surface area contributed by atoms with E-state index in [0.717, 1.165) is 103 Å². The van der Waals surface area contributed by atoms with Gasteiger partial charge in [-0.05, 0) is 109 Å². The number of unbranched alkanes of at least 4 members (excludes halogenated alkanes) is 12. The molecule has 0 N–H and O–H groups in total. The number of nitrogens with zero attached hydrogens (tertiary/aromatic N) is 1. The van der Waals surface area contributed by atoms with Crippen molar-refractivity contribution in [1.29, 1.82) is 0 Å². The van der Waals surface area contributed by atoms with Crippen molar-refractivity contribution < 1.29 is 28.6 Å². The lowest BCUT2D eigenvalue weighted by molar-refractivity contribution is -0.157. The molecule has 0 saturated heterocycles. The Morgan fingerprint density at radius 1 is 0.642 bits per heavy atom. The number of carbonyl (C=O) groups is 3. The number of carbonyl (C=O) groups excluding carboxylic acids is 3. The average molecular weight is 748 g/mol. The van der Waals surface area contributed by atoms with E-state index in [1.54, 1.807) is 0 Å². The van der Waals surface area contributed by atoms with Crippen molar-refractivity contribution in [3.05, 3.63) is 0 Å². The second-order valence-electron chi connectivity index (χ2n) is 18.1. The minimum atomic E-state index is -0.0742. The van der Waals surface area contributed by atoms with Gasteiger partial charge in [-0.3, -0.25) is 14.4 Å². The van der Waals surface area contributed by atoms with Gasteiger partial charge in [0, 0.05) is 24.7 Å². The zero-order valence-electron chi connectivity index (χ0n) is 35.9. The predicted octanol–water partition coefficient (Wildman–Crippen LogP) is 12.2. The molecule has 0 radical (unpaired) electrons. The first-order valence-electron chi connectivity index (χ1n) is 22.6. The molecule has 0 spiro atoms. The first kappa shape index (κ1) is 47.5. The molecule has 310 valence electrons. The summed E-state index contributed by atoms with van der Waals surface area (Å²) in [6.45, 7) is 13.0. The number of fused-ring (bicyclic) bond motifs is 2. The van der Waals surface area contributed by atoms with E-state index >= 15 is 0 Å². The van der Waals surface area contributed by atoms with Gasteiger partial charge in [0.2, 0.25) is 0 Å². The monoisotopic (exact) mass is 748 g/mol. The second-order valence-corrected chi connectivity index (χ2v) is 18.1. The number of rotatable bonds is 33. The summed E-state index contributed by atoms with van der Waals surface area (Å²) in [6.07, 6.45) is 29.2. The van der Waals surface area contributed by atoms with Crippen molar-refractivity contribution in [1.82, 2.24) is 4.90 Å². The molecule has 0 amide bonds. The van der Waals surface area contributed by atoms with Crippen LogP contribution in [0.3, 0.4) is 0 Å². The van der Waals surface area contributed by atoms with Gasteiger partial charge in [-0.2, -0.15) is 0 Å². The van der Waals surface area contributed by atoms with Gasteiger partial charge in [-0.15, -0.1) is 0 Å². The maximum atomic E-state index is 12.7. The molecular formula is C46H85NO6. The molecule has 0 aliphatic heterocycles. The van der Waals surface area contributed by atoms with Gasteiger partial charge in [0.25, 0.3) is 0 Å². The smallest absolute Gasteiger partial charge is 0.306 e. The SMILES string of the molecule is CCCCCC(CCCCC)CCOC(=O)CCCCCCCC(CCCCCCCC(=O)O[C@@H]1C[C@@H]2CC[C@@]1(C)C2(C)C)OC(=O)CCCN(C)C. The van der Waals surface area contributed by atoms with Crippen molar-refractivity contribution in [2.75, 3.05) is 27.2 Å². The average Bonchev–Trinajstić information content (AvgIpc) is 3.44. The Hall–Kier alpha value is -1.63. The third kappa shape index (κ3) is 18.7. The summed E-state index contributed by atoms with van der Waals surface area (Å²) in [5.74, 6) is 1.24. The van der Waals surface area contributed by atoms with Crippen molar-refractivity contribution in [2.45, 2.75) is 227 Å². The van der Waals surface area contributed by atoms with Gasteiger partial charge in [-0.25, -0.2) is 0 Å². The molecule has 2 rings (SSSR count). The second kappa shape index (κ2) is 27.0. The van der Waals surface area contributed by atoms with E-state index < -0.39 is 0 Å². The molecule has 0 heterocycles. The number of esters is 3. The van der Waals surface area contributed by atoms with Gasteiger partial charge in [-0.1, -0.05) is 125 Å². The third-order valence-electron chi connectivity index (χ3n) is 13.3. The Morgan fingerprint density at radius 3 is 1.70 bits per heavy atom. The van der Waals surface area contributed by atoms with Crippen LogP contribution in [0, 0.1) is 22.7 Å². The summed E-state index contributed by atoms with van der Waals surface area (Å²) in [5.41, 5.74) is 0.387. The van der Waals surface area contributed by atoms with Gasteiger partial charge in [0.05, 0.1) is 6.61 Å². The lowest BCUT2D eigenvalue weighted by atomic mass is 9.70. The Labute approximate surface area is 327 Å². The summed E-state index contributed by atoms with van der Waals surface area (Å²) in [6, 6.07) is 0. The highest BCUT2D eigenvalue weighted by Gasteiger charge is 2.62. The molecule has 7 heteroatoms. The van der Waals surface area contributed by atoms with Crippen LogP contribution in [0.25, 0.3) is 0 Å². The minimum Gasteiger partial charge on any atom is -0.466 e. The van der Waals surface area contributed by atoms with Gasteiger partial charge in [0.15, 0.2) is 0 Å². The van der Waals surface area contributed by atoms with E-state index in [-0.39, 0.29) is 40.9 Å². The Bertz CT molecular complexity index is 987. The van der Waals surface area contributed by atoms with Crippen LogP contribution in [0.15, 0.2) is 0 Å². The Morgan fingerprint density at radius 2 is 1.17 bits per heavy atom. The fourth-order valence-electron chi connectivity index (χ4n) is 9.13. The number of hydrogen-bond donors (Lipinski definition) is 0. The fraction of sp³-hybridized carbons (Fsp3) is 0.935. The largest absolute Gasteiger partial charge is 0.466 e. The molecule has 0 aromatic carbocycles. The summed E-state index contributed by atoms with van der Waals surface area (Å²) in [7, 11) is 4.06. The normalized spacial score (nSPS) is 21.0. The highest BCUT2D eigenvalue weighted by molar-refractivity contribution is 5.70. The van der Waals surface area contributed by atoms with E-state index in [0.29, 0.717) is 37.7 Å². The summed E-state index contributed by atoms with van der Waals surface area (Å²) in [4.78, 5) is 39.8. The zero-order chi connectivity index (χ0) is 39.0. The first-order valence-corrected chi connectivity index (χ1v) is 22.6. The zero-order valence-corrected chi connectivity index (χ0v) is 35.9. The lowest BCUT2D eigenvalue weighted by Gasteiger charge is -2.38. The third-order valence-corrected chi connectivity index (χ3v) is 13.3. The maximum Gasteiger partial charge on any atom is 0.306 e. The van der Waals surface area contributed by atoms with Crippen LogP contribution in [0.1, 0.15) is 214 Å². The van der Waals surface area contributed by atoms with Crippen LogP contribution >= 0.6 is 0 Å². The van der Waals surface area contributed by atoms with Crippen molar-refractivity contribution in [2.24, 2.45) is 22.7 Å². The summed E-state index contributed by atoms with van der Waals surface area (Å²) >= 11 is 0. The van der Waals surface area contributed by atoms with Gasteiger partial charge < -0.3 is 19.1 Å². The fourth-order valence-corrected chi connectivity index (χ4v) is 9.13. The van der Waals surface area contributed by atoms with E-state index in [1.165, 1.54) is 64.2 Å². The van der Waals surface area contributed by atoms with Crippen LogP contribution in [0.2, 0.25) is 0 Å². The molecule has 2 saturated carbocycles. The van der Waals surface area contributed by atoms with Crippen LogP contribution in [0.5, 0.6) is 0 Å². The van der Waals surface area contributed by atoms with E-state index in [9.17, 15) is 14.4 Å². The molecule has 0 aromatic heterocycles. The molecule has 2 bridgehead atoms. The molecule has 7 nitrogen and oxygen atoms in total. The molecule has 0 aromatic rings. The van der Waals surface area contributed by atoms with E-state index in [1.807, 2.05) is 14.1 Å². The standard InChI is InChI=1S/C46H85NO6/c1-8-10-18-25-38(26-19-11-9-2)33-36-51-42(48)29-22-16-12-14-20-27-40(52-43(49)31-24-35-47(6)7)28-21-15-13-17-23-30-44(50)53-41-37-39-32-34-46(41,5)45(39,3)4/h38-41H,8-37H2,1-7H3/t39-,40?,41+,46+/m0/s1. The molecular weight excluding hydrogens is 663 g/mol. The van der Waals surface area contributed by atoms with Gasteiger partial charge >= 0.3 is 17.9 Å². The predicted molar refractivity (Wildman–Crippen MR) is 219 cm³/mol. The molecule has 2 fully saturated rings. The van der Waals surface area contributed by atoms with Crippen LogP contribution in [0.4, 0.5) is 0 Å². The topological polar surface area (TPSA) is 82.1 Å². The van der Waals surface area contributed by atoms with Crippen LogP contribution in [-0.4, -0.2) is 62.3 Å². The Balaban J connectivity index is 1.59. The molecule has 2 aliphatic carbocycles. The Kier molecular flexibility index (Phi) is 24.3. The first-order chi connectivity index (χ1) is 25.4. The molecule has 4 atom stereocenters. The number of hydrogen-bond acceptors (Lipinski definition) is 7. The van der Waals surface area contributed by atoms with Crippen LogP contribution in [-0.2, 0) is 28.6 Å². The van der Waals surface area contributed by atoms with Crippen molar-refractivity contribution >= 4 is 17.9 Å². The van der Waals surface area contributed by atoms with Crippen molar-refractivity contribution in [3.63, 3.8) is 0 Å². The van der Waals surface area contributed by atoms with E-state index in [4.69, 9.17) is 14.2 Å². The van der Waals surface area contributed by atoms with Gasteiger partial charge in [0.1, 0.15) is 12.2 Å². The quantitative estimate of drug-likeness (QED) is 0.0375. The number of ether oxygens (including phenoxy) is 3. The van der Waals surface area contributed by atoms with Crippen LogP contribution < -0.4 is 0 Å². The molecule has 2 aliphatic rings. The van der Waals surface area contributed by atoms with E-state index in [2.05, 4.69) is 39.5 Å². The highest BCUT2D eigenvalue weighted by Crippen LogP contribution is 2.66. The molecule has 53 heavy (non-hydrogen) atoms. The summed E-state index contributed by atoms with van der Waals surface area (Å²) < 4.78 is 17.7. The molecule has 1 unspecified atom stereocenters. The minimum absolute atomic E-state index is 0.0181. The summed E-state index contributed by atoms with van der Waals surface area (Å²) in [5, 5.41) is 0. The highest BCUT2D eigenvalue weighted by atomic mass is 16.5.